The number of nitrogens with one attached hydrogen (secondary N) is 1. The summed E-state index contributed by atoms with van der Waals surface area (Å²) < 4.78 is 2.84. The van der Waals surface area contributed by atoms with Crippen molar-refractivity contribution in [2.45, 2.75) is 38.8 Å². The Balaban J connectivity index is 2.24. The van der Waals surface area contributed by atoms with Gasteiger partial charge in [0, 0.05) is 30.8 Å². The molecule has 1 unspecified atom stereocenters. The molecule has 0 spiro atoms. The summed E-state index contributed by atoms with van der Waals surface area (Å²) in [5, 5.41) is 2.64. The third-order valence-electron chi connectivity index (χ3n) is 3.61. The van der Waals surface area contributed by atoms with Gasteiger partial charge in [-0.15, -0.1) is 0 Å². The molecule has 2 amide bonds. The highest BCUT2D eigenvalue weighted by molar-refractivity contribution is 9.10. The Morgan fingerprint density at radius 1 is 1.50 bits per heavy atom. The maximum absolute atomic E-state index is 12.7. The van der Waals surface area contributed by atoms with Crippen LogP contribution < -0.4 is 5.32 Å². The molecule has 1 atom stereocenters. The Morgan fingerprint density at radius 2 is 2.25 bits per heavy atom. The number of likely N-dealkylation sites (tertiary alicyclic amines) is 1. The standard InChI is InChI=1S/C14H20BrN3O2/c1-3-6-17-9-10(15)8-12(17)14(20)18-7-4-5-11(18)13(19)16-2/h8-9,11H,3-7H2,1-2H3,(H,16,19). The van der Waals surface area contributed by atoms with Gasteiger partial charge < -0.3 is 14.8 Å². The molecule has 1 N–H and O–H groups in total. The summed E-state index contributed by atoms with van der Waals surface area (Å²) >= 11 is 3.42. The van der Waals surface area contributed by atoms with Crippen molar-refractivity contribution < 1.29 is 9.59 Å². The predicted octanol–water partition coefficient (Wildman–Crippen LogP) is 2.01. The van der Waals surface area contributed by atoms with Gasteiger partial charge in [-0.2, -0.15) is 0 Å². The highest BCUT2D eigenvalue weighted by atomic mass is 79.9. The van der Waals surface area contributed by atoms with Crippen molar-refractivity contribution >= 4 is 27.7 Å². The lowest BCUT2D eigenvalue weighted by atomic mass is 10.2. The van der Waals surface area contributed by atoms with E-state index in [0.29, 0.717) is 12.2 Å². The first kappa shape index (κ1) is 15.1. The quantitative estimate of drug-likeness (QED) is 0.910. The Kier molecular flexibility index (Phi) is 4.86. The molecule has 6 heteroatoms. The van der Waals surface area contributed by atoms with Crippen molar-refractivity contribution in [2.24, 2.45) is 0 Å². The molecule has 2 rings (SSSR count). The van der Waals surface area contributed by atoms with Gasteiger partial charge in [-0.3, -0.25) is 9.59 Å². The van der Waals surface area contributed by atoms with E-state index in [4.69, 9.17) is 0 Å². The summed E-state index contributed by atoms with van der Waals surface area (Å²) in [6.07, 6.45) is 4.49. The van der Waals surface area contributed by atoms with Gasteiger partial charge in [-0.25, -0.2) is 0 Å². The maximum atomic E-state index is 12.7. The second kappa shape index (κ2) is 6.43. The van der Waals surface area contributed by atoms with Crippen LogP contribution in [0.1, 0.15) is 36.7 Å². The Labute approximate surface area is 127 Å². The zero-order chi connectivity index (χ0) is 14.7. The topological polar surface area (TPSA) is 54.3 Å². The van der Waals surface area contributed by atoms with Crippen LogP contribution in [0.25, 0.3) is 0 Å². The lowest BCUT2D eigenvalue weighted by Crippen LogP contribution is -2.45. The lowest BCUT2D eigenvalue weighted by molar-refractivity contribution is -0.124. The van der Waals surface area contributed by atoms with E-state index < -0.39 is 0 Å². The molecule has 0 aliphatic carbocycles. The summed E-state index contributed by atoms with van der Waals surface area (Å²) in [7, 11) is 1.61. The minimum atomic E-state index is -0.337. The fraction of sp³-hybridized carbons (Fsp3) is 0.571. The summed E-state index contributed by atoms with van der Waals surface area (Å²) in [5.41, 5.74) is 0.648. The molecule has 1 aliphatic heterocycles. The van der Waals surface area contributed by atoms with Gasteiger partial charge >= 0.3 is 0 Å². The van der Waals surface area contributed by atoms with Crippen molar-refractivity contribution in [2.75, 3.05) is 13.6 Å². The van der Waals surface area contributed by atoms with E-state index in [9.17, 15) is 9.59 Å². The van der Waals surface area contributed by atoms with Crippen LogP contribution >= 0.6 is 15.9 Å². The van der Waals surface area contributed by atoms with Crippen LogP contribution in [-0.2, 0) is 11.3 Å². The van der Waals surface area contributed by atoms with Crippen molar-refractivity contribution in [3.05, 3.63) is 22.4 Å². The van der Waals surface area contributed by atoms with Crippen LogP contribution in [0.4, 0.5) is 0 Å². The summed E-state index contributed by atoms with van der Waals surface area (Å²) in [6.45, 7) is 3.52. The van der Waals surface area contributed by atoms with Crippen molar-refractivity contribution in [3.8, 4) is 0 Å². The Hall–Kier alpha value is -1.30. The fourth-order valence-corrected chi connectivity index (χ4v) is 3.14. The third kappa shape index (κ3) is 2.90. The van der Waals surface area contributed by atoms with E-state index in [1.54, 1.807) is 11.9 Å². The van der Waals surface area contributed by atoms with Gasteiger partial charge in [-0.05, 0) is 41.3 Å². The van der Waals surface area contributed by atoms with Crippen LogP contribution in [-0.4, -0.2) is 40.9 Å². The first-order valence-corrected chi connectivity index (χ1v) is 7.76. The van der Waals surface area contributed by atoms with Crippen LogP contribution in [0.3, 0.4) is 0 Å². The number of likely N-dealkylation sites (N-methyl/N-ethyl adjacent to an activating group) is 1. The van der Waals surface area contributed by atoms with Gasteiger partial charge in [0.15, 0.2) is 0 Å². The zero-order valence-electron chi connectivity index (χ0n) is 11.9. The number of nitrogens with zero attached hydrogens (tertiary/aromatic N) is 2. The van der Waals surface area contributed by atoms with E-state index >= 15 is 0 Å². The molecule has 0 radical (unpaired) electrons. The number of aryl methyl sites for hydroxylation is 1. The predicted molar refractivity (Wildman–Crippen MR) is 80.5 cm³/mol. The normalized spacial score (nSPS) is 18.4. The van der Waals surface area contributed by atoms with Gasteiger partial charge in [0.05, 0.1) is 0 Å². The second-order valence-corrected chi connectivity index (χ2v) is 5.92. The molecule has 1 aliphatic rings. The molecule has 1 aromatic heterocycles. The number of hydrogen-bond acceptors (Lipinski definition) is 2. The first-order valence-electron chi connectivity index (χ1n) is 6.96. The summed E-state index contributed by atoms with van der Waals surface area (Å²) in [6, 6.07) is 1.49. The van der Waals surface area contributed by atoms with E-state index in [0.717, 1.165) is 30.3 Å². The molecule has 2 heterocycles. The number of carbonyl (C=O) groups excluding carboxylic acids is 2. The molecule has 1 aromatic rings. The number of carbonyl (C=O) groups is 2. The van der Waals surface area contributed by atoms with Gasteiger partial charge in [0.2, 0.25) is 5.91 Å². The van der Waals surface area contributed by atoms with Crippen LogP contribution in [0.2, 0.25) is 0 Å². The molecule has 5 nitrogen and oxygen atoms in total. The minimum absolute atomic E-state index is 0.0600. The smallest absolute Gasteiger partial charge is 0.271 e. The first-order chi connectivity index (χ1) is 9.58. The van der Waals surface area contributed by atoms with Crippen molar-refractivity contribution in [3.63, 3.8) is 0 Å². The number of aromatic nitrogens is 1. The largest absolute Gasteiger partial charge is 0.357 e. The molecule has 0 saturated carbocycles. The second-order valence-electron chi connectivity index (χ2n) is 5.01. The SMILES string of the molecule is CCCn1cc(Br)cc1C(=O)N1CCCC1C(=O)NC. The molecule has 0 bridgehead atoms. The fourth-order valence-electron chi connectivity index (χ4n) is 2.68. The molecular weight excluding hydrogens is 322 g/mol. The monoisotopic (exact) mass is 341 g/mol. The average molecular weight is 342 g/mol. The molecule has 0 aromatic carbocycles. The van der Waals surface area contributed by atoms with Gasteiger partial charge in [0.25, 0.3) is 5.91 Å². The van der Waals surface area contributed by atoms with Crippen LogP contribution in [0.5, 0.6) is 0 Å². The maximum Gasteiger partial charge on any atom is 0.271 e. The highest BCUT2D eigenvalue weighted by Gasteiger charge is 2.35. The number of hydrogen-bond donors (Lipinski definition) is 1. The molecule has 110 valence electrons. The van der Waals surface area contributed by atoms with E-state index in [-0.39, 0.29) is 17.9 Å². The van der Waals surface area contributed by atoms with Crippen LogP contribution in [0.15, 0.2) is 16.7 Å². The zero-order valence-corrected chi connectivity index (χ0v) is 13.4. The summed E-state index contributed by atoms with van der Waals surface area (Å²) in [4.78, 5) is 26.2. The number of amides is 2. The molecule has 20 heavy (non-hydrogen) atoms. The Morgan fingerprint density at radius 3 is 2.90 bits per heavy atom. The van der Waals surface area contributed by atoms with Crippen LogP contribution in [0, 0.1) is 0 Å². The number of rotatable bonds is 4. The minimum Gasteiger partial charge on any atom is -0.357 e. The van der Waals surface area contributed by atoms with E-state index in [1.807, 2.05) is 16.8 Å². The van der Waals surface area contributed by atoms with Crippen molar-refractivity contribution in [1.29, 1.82) is 0 Å². The van der Waals surface area contributed by atoms with E-state index in [1.165, 1.54) is 0 Å². The Bertz CT molecular complexity index is 513. The molecule has 1 fully saturated rings. The van der Waals surface area contributed by atoms with Gasteiger partial charge in [-0.1, -0.05) is 6.92 Å². The van der Waals surface area contributed by atoms with Crippen molar-refractivity contribution in [1.82, 2.24) is 14.8 Å². The summed E-state index contributed by atoms with van der Waals surface area (Å²) in [5.74, 6) is -0.140. The lowest BCUT2D eigenvalue weighted by Gasteiger charge is -2.23. The molecular formula is C14H20BrN3O2. The number of halogens is 1. The third-order valence-corrected chi connectivity index (χ3v) is 4.04. The average Bonchev–Trinajstić information content (AvgIpc) is 3.04. The van der Waals surface area contributed by atoms with Gasteiger partial charge in [0.1, 0.15) is 11.7 Å². The molecule has 1 saturated heterocycles. The highest BCUT2D eigenvalue weighted by Crippen LogP contribution is 2.23. The van der Waals surface area contributed by atoms with E-state index in [2.05, 4.69) is 28.2 Å².